The van der Waals surface area contributed by atoms with Gasteiger partial charge in [0.25, 0.3) is 5.91 Å². The molecule has 3 fully saturated rings. The number of hydrogen-bond donors (Lipinski definition) is 3. The van der Waals surface area contributed by atoms with Crippen molar-refractivity contribution in [1.29, 1.82) is 0 Å². The summed E-state index contributed by atoms with van der Waals surface area (Å²) in [5.41, 5.74) is 0. The lowest BCUT2D eigenvalue weighted by molar-refractivity contribution is -0.133. The maximum atomic E-state index is 12.8. The van der Waals surface area contributed by atoms with Gasteiger partial charge in [-0.2, -0.15) is 0 Å². The number of hydrogen-bond acceptors (Lipinski definition) is 4. The molecule has 3 N–H and O–H groups in total. The van der Waals surface area contributed by atoms with E-state index in [1.54, 1.807) is 0 Å². The first-order valence-electron chi connectivity index (χ1n) is 9.31. The predicted molar refractivity (Wildman–Crippen MR) is 95.0 cm³/mol. The summed E-state index contributed by atoms with van der Waals surface area (Å²) in [4.78, 5) is 25.0. The summed E-state index contributed by atoms with van der Waals surface area (Å²) in [6.45, 7) is 2.94. The number of nitrogens with zero attached hydrogens (tertiary/aromatic N) is 1. The van der Waals surface area contributed by atoms with Crippen LogP contribution >= 0.6 is 9.39 Å². The molecule has 2 saturated carbocycles. The van der Waals surface area contributed by atoms with Gasteiger partial charge >= 0.3 is 0 Å². The molecule has 2 amide bonds. The summed E-state index contributed by atoms with van der Waals surface area (Å²) < 4.78 is 2.06. The van der Waals surface area contributed by atoms with Crippen LogP contribution in [0.15, 0.2) is 0 Å². The van der Waals surface area contributed by atoms with Crippen LogP contribution < -0.4 is 10.6 Å². The van der Waals surface area contributed by atoms with E-state index in [9.17, 15) is 14.7 Å². The summed E-state index contributed by atoms with van der Waals surface area (Å²) in [7, 11) is 2.68. The Morgan fingerprint density at radius 2 is 2.04 bits per heavy atom. The average Bonchev–Trinajstić information content (AvgIpc) is 3.14. The third-order valence-electron chi connectivity index (χ3n) is 5.70. The second-order valence-corrected chi connectivity index (χ2v) is 8.29. The third-order valence-corrected chi connectivity index (χ3v) is 6.23. The van der Waals surface area contributed by atoms with Gasteiger partial charge < -0.3 is 15.7 Å². The van der Waals surface area contributed by atoms with Crippen LogP contribution in [0.25, 0.3) is 0 Å². The van der Waals surface area contributed by atoms with E-state index in [1.807, 2.05) is 6.92 Å². The summed E-state index contributed by atoms with van der Waals surface area (Å²) in [6, 6.07) is -0.456. The molecule has 6 atom stereocenters. The smallest absolute Gasteiger partial charge is 0.251 e. The number of amides is 2. The Morgan fingerprint density at radius 3 is 2.71 bits per heavy atom. The van der Waals surface area contributed by atoms with Crippen molar-refractivity contribution in [2.45, 2.75) is 76.1 Å². The predicted octanol–water partition coefficient (Wildman–Crippen LogP) is 0.801. The van der Waals surface area contributed by atoms with Crippen molar-refractivity contribution in [3.05, 3.63) is 0 Å². The number of carbonyl (C=O) groups is 2. The highest BCUT2D eigenvalue weighted by Crippen LogP contribution is 2.43. The topological polar surface area (TPSA) is 81.7 Å². The molecule has 0 spiro atoms. The Balaban J connectivity index is 1.61. The highest BCUT2D eigenvalue weighted by atomic mass is 31.0. The van der Waals surface area contributed by atoms with E-state index in [2.05, 4.69) is 24.7 Å². The van der Waals surface area contributed by atoms with Gasteiger partial charge in [0.05, 0.1) is 12.1 Å². The van der Waals surface area contributed by atoms with Gasteiger partial charge in [-0.3, -0.25) is 14.3 Å². The Morgan fingerprint density at radius 1 is 1.29 bits per heavy atom. The summed E-state index contributed by atoms with van der Waals surface area (Å²) in [5.74, 6) is 0.605. The van der Waals surface area contributed by atoms with Gasteiger partial charge in [-0.1, -0.05) is 29.2 Å². The van der Waals surface area contributed by atoms with E-state index in [4.69, 9.17) is 0 Å². The quantitative estimate of drug-likeness (QED) is 0.590. The van der Waals surface area contributed by atoms with E-state index < -0.39 is 12.1 Å². The fraction of sp³-hybridized carbons (Fsp3) is 0.882. The third kappa shape index (κ3) is 3.92. The molecule has 1 aliphatic heterocycles. The van der Waals surface area contributed by atoms with E-state index in [1.165, 1.54) is 12.8 Å². The molecular weight excluding hydrogens is 325 g/mol. The minimum absolute atomic E-state index is 0.0453. The SMILES string of the molecule is CCCC(NC(=O)C1C2CCCC2CN1P)C(O)C(=O)NC1CC1. The fourth-order valence-corrected chi connectivity index (χ4v) is 4.90. The molecule has 1 heterocycles. The number of carbonyl (C=O) groups excluding carboxylic acids is 2. The largest absolute Gasteiger partial charge is 0.381 e. The highest BCUT2D eigenvalue weighted by molar-refractivity contribution is 7.13. The van der Waals surface area contributed by atoms with Gasteiger partial charge in [0.15, 0.2) is 6.10 Å². The van der Waals surface area contributed by atoms with Gasteiger partial charge in [0, 0.05) is 12.6 Å². The normalized spacial score (nSPS) is 32.2. The van der Waals surface area contributed by atoms with Crippen LogP contribution in [0.5, 0.6) is 0 Å². The number of nitrogens with one attached hydrogen (secondary N) is 2. The maximum Gasteiger partial charge on any atom is 0.251 e. The van der Waals surface area contributed by atoms with Crippen molar-refractivity contribution in [2.75, 3.05) is 6.54 Å². The van der Waals surface area contributed by atoms with Crippen molar-refractivity contribution in [2.24, 2.45) is 11.8 Å². The van der Waals surface area contributed by atoms with Crippen LogP contribution in [0.4, 0.5) is 0 Å². The van der Waals surface area contributed by atoms with Crippen LogP contribution in [-0.4, -0.2) is 52.4 Å². The zero-order valence-electron chi connectivity index (χ0n) is 14.4. The maximum absolute atomic E-state index is 12.8. The van der Waals surface area contributed by atoms with Crippen LogP contribution in [0.3, 0.4) is 0 Å². The molecule has 136 valence electrons. The lowest BCUT2D eigenvalue weighted by atomic mass is 9.93. The standard InChI is InChI=1S/C17H30N3O3P/c1-2-4-13(15(21)17(23)18-11-7-8-11)19-16(22)14-12-6-3-5-10(12)9-20(14)24/h10-15,21H,2-9,24H2,1H3,(H,18,23)(H,19,22). The molecular formula is C17H30N3O3P. The van der Waals surface area contributed by atoms with E-state index in [0.717, 1.165) is 32.2 Å². The van der Waals surface area contributed by atoms with Crippen molar-refractivity contribution in [3.63, 3.8) is 0 Å². The molecule has 6 nitrogen and oxygen atoms in total. The Kier molecular flexibility index (Phi) is 5.78. The lowest BCUT2D eigenvalue weighted by Crippen LogP contribution is -2.54. The molecule has 2 aliphatic carbocycles. The average molecular weight is 355 g/mol. The molecule has 0 bridgehead atoms. The molecule has 0 aromatic carbocycles. The number of aliphatic hydroxyl groups excluding tert-OH is 1. The van der Waals surface area contributed by atoms with Crippen LogP contribution in [0.1, 0.15) is 51.9 Å². The van der Waals surface area contributed by atoms with Crippen molar-refractivity contribution in [3.8, 4) is 0 Å². The molecule has 0 aromatic heterocycles. The van der Waals surface area contributed by atoms with E-state index in [-0.39, 0.29) is 23.9 Å². The summed E-state index contributed by atoms with van der Waals surface area (Å²) in [6.07, 6.45) is 5.69. The molecule has 6 unspecified atom stereocenters. The number of rotatable bonds is 7. The molecule has 0 radical (unpaired) electrons. The highest BCUT2D eigenvalue weighted by Gasteiger charge is 2.46. The minimum Gasteiger partial charge on any atom is -0.381 e. The zero-order chi connectivity index (χ0) is 17.3. The first-order valence-corrected chi connectivity index (χ1v) is 9.83. The van der Waals surface area contributed by atoms with Crippen LogP contribution in [-0.2, 0) is 9.59 Å². The second-order valence-electron chi connectivity index (χ2n) is 7.63. The molecule has 0 aromatic rings. The summed E-state index contributed by atoms with van der Waals surface area (Å²) >= 11 is 0. The molecule has 1 saturated heterocycles. The van der Waals surface area contributed by atoms with Gasteiger partial charge in [0.2, 0.25) is 5.91 Å². The van der Waals surface area contributed by atoms with Crippen molar-refractivity contribution in [1.82, 2.24) is 15.3 Å². The zero-order valence-corrected chi connectivity index (χ0v) is 15.6. The first kappa shape index (κ1) is 18.1. The number of fused-ring (bicyclic) bond motifs is 1. The lowest BCUT2D eigenvalue weighted by Gasteiger charge is -2.28. The van der Waals surface area contributed by atoms with Crippen molar-refractivity contribution >= 4 is 21.2 Å². The van der Waals surface area contributed by atoms with Crippen LogP contribution in [0, 0.1) is 11.8 Å². The number of aliphatic hydroxyl groups is 1. The Hall–Kier alpha value is -0.710. The van der Waals surface area contributed by atoms with E-state index >= 15 is 0 Å². The second kappa shape index (κ2) is 7.67. The van der Waals surface area contributed by atoms with Gasteiger partial charge in [0.1, 0.15) is 0 Å². The van der Waals surface area contributed by atoms with Gasteiger partial charge in [-0.15, -0.1) is 0 Å². The molecule has 24 heavy (non-hydrogen) atoms. The molecule has 7 heteroatoms. The fourth-order valence-electron chi connectivity index (χ4n) is 4.27. The van der Waals surface area contributed by atoms with Gasteiger partial charge in [-0.05, 0) is 43.9 Å². The van der Waals surface area contributed by atoms with E-state index in [0.29, 0.717) is 18.3 Å². The molecule has 3 rings (SSSR count). The Labute approximate surface area is 146 Å². The molecule has 3 aliphatic rings. The van der Waals surface area contributed by atoms with Crippen LogP contribution in [0.2, 0.25) is 0 Å². The monoisotopic (exact) mass is 355 g/mol. The Bertz CT molecular complexity index is 486. The first-order chi connectivity index (χ1) is 11.5. The van der Waals surface area contributed by atoms with Gasteiger partial charge in [-0.25, -0.2) is 0 Å². The van der Waals surface area contributed by atoms with Crippen molar-refractivity contribution < 1.29 is 14.7 Å². The minimum atomic E-state index is -1.17. The summed E-state index contributed by atoms with van der Waals surface area (Å²) in [5, 5.41) is 16.2.